The molecule has 2 N–H and O–H groups in total. The van der Waals surface area contributed by atoms with Crippen LogP contribution in [0.5, 0.6) is 0 Å². The summed E-state index contributed by atoms with van der Waals surface area (Å²) in [5.74, 6) is 0. The molecule has 1 aliphatic heterocycles. The van der Waals surface area contributed by atoms with E-state index >= 15 is 0 Å². The van der Waals surface area contributed by atoms with Gasteiger partial charge in [0.2, 0.25) is 0 Å². The Morgan fingerprint density at radius 3 is 2.52 bits per heavy atom. The largest absolute Gasteiger partial charge is 0.499 e. The van der Waals surface area contributed by atoms with Gasteiger partial charge in [-0.1, -0.05) is 6.58 Å². The Bertz CT molecular complexity index is 481. The van der Waals surface area contributed by atoms with Gasteiger partial charge in [-0.15, -0.1) is 0 Å². The van der Waals surface area contributed by atoms with Crippen molar-refractivity contribution in [3.63, 3.8) is 0 Å². The summed E-state index contributed by atoms with van der Waals surface area (Å²) in [6, 6.07) is 0.0726. The third-order valence-electron chi connectivity index (χ3n) is 5.00. The lowest BCUT2D eigenvalue weighted by molar-refractivity contribution is 0.0695. The maximum atomic E-state index is 12.5. The lowest BCUT2D eigenvalue weighted by atomic mass is 9.74. The number of hydrogen-bond donors (Lipinski definition) is 2. The van der Waals surface area contributed by atoms with E-state index in [4.69, 9.17) is 9.84 Å². The first-order chi connectivity index (χ1) is 10.7. The number of amides is 1. The number of piperidine rings is 1. The fourth-order valence-corrected chi connectivity index (χ4v) is 4.56. The summed E-state index contributed by atoms with van der Waals surface area (Å²) in [4.78, 5) is 12.6. The summed E-state index contributed by atoms with van der Waals surface area (Å²) in [6.45, 7) is 10.5. The molecule has 1 unspecified atom stereocenters. The molecule has 2 aliphatic rings. The van der Waals surface area contributed by atoms with Gasteiger partial charge in [-0.2, -0.15) is 0 Å². The van der Waals surface area contributed by atoms with Crippen LogP contribution in [0.3, 0.4) is 0 Å². The summed E-state index contributed by atoms with van der Waals surface area (Å²) in [5.41, 5.74) is -0.0550. The molecule has 0 aromatic carbocycles. The molecule has 2 rings (SSSR count). The van der Waals surface area contributed by atoms with E-state index < -0.39 is 17.1 Å². The molecule has 2 fully saturated rings. The van der Waals surface area contributed by atoms with Crippen LogP contribution in [0.1, 0.15) is 46.5 Å². The zero-order valence-corrected chi connectivity index (χ0v) is 15.0. The zero-order chi connectivity index (χ0) is 17.3. The zero-order valence-electron chi connectivity index (χ0n) is 14.2. The van der Waals surface area contributed by atoms with Crippen LogP contribution in [0.25, 0.3) is 0 Å². The molecule has 0 bridgehead atoms. The smallest absolute Gasteiger partial charge is 0.407 e. The van der Waals surface area contributed by atoms with Crippen molar-refractivity contribution in [2.75, 3.05) is 13.1 Å². The van der Waals surface area contributed by atoms with Crippen molar-refractivity contribution >= 4 is 17.1 Å². The minimum Gasteiger partial charge on any atom is -0.499 e. The number of hydrogen-bond acceptors (Lipinski definition) is 3. The van der Waals surface area contributed by atoms with Gasteiger partial charge in [0.15, 0.2) is 0 Å². The van der Waals surface area contributed by atoms with Gasteiger partial charge in [-0.3, -0.25) is 0 Å². The Balaban J connectivity index is 2.12. The first-order valence-corrected chi connectivity index (χ1v) is 9.25. The van der Waals surface area contributed by atoms with Crippen molar-refractivity contribution in [2.45, 2.75) is 63.3 Å². The van der Waals surface area contributed by atoms with E-state index in [0.29, 0.717) is 13.1 Å². The highest BCUT2D eigenvalue weighted by atomic mass is 32.2. The van der Waals surface area contributed by atoms with Crippen LogP contribution in [0.2, 0.25) is 0 Å². The maximum absolute atomic E-state index is 12.5. The highest BCUT2D eigenvalue weighted by Gasteiger charge is 2.50. The van der Waals surface area contributed by atoms with Crippen LogP contribution in [0, 0.1) is 5.41 Å². The van der Waals surface area contributed by atoms with Crippen LogP contribution < -0.4 is 4.72 Å². The number of carboxylic acid groups (broad SMARTS) is 1. The van der Waals surface area contributed by atoms with Crippen LogP contribution in [0.15, 0.2) is 12.8 Å². The van der Waals surface area contributed by atoms with Crippen molar-refractivity contribution in [3.8, 4) is 0 Å². The molecule has 23 heavy (non-hydrogen) atoms. The molecule has 7 heteroatoms. The molecule has 1 aliphatic carbocycles. The van der Waals surface area contributed by atoms with E-state index in [9.17, 15) is 9.00 Å². The number of ether oxygens (including phenoxy) is 1. The highest BCUT2D eigenvalue weighted by Crippen LogP contribution is 2.48. The number of nitrogens with zero attached hydrogens (tertiary/aromatic N) is 1. The predicted octanol–water partition coefficient (Wildman–Crippen LogP) is 2.49. The molecule has 1 amide bonds. The second-order valence-corrected chi connectivity index (χ2v) is 9.55. The van der Waals surface area contributed by atoms with Crippen molar-refractivity contribution in [1.82, 2.24) is 9.62 Å². The van der Waals surface area contributed by atoms with Gasteiger partial charge in [0, 0.05) is 25.6 Å². The quantitative estimate of drug-likeness (QED) is 0.768. The van der Waals surface area contributed by atoms with Crippen molar-refractivity contribution in [2.24, 2.45) is 5.41 Å². The van der Waals surface area contributed by atoms with Crippen molar-refractivity contribution in [3.05, 3.63) is 12.8 Å². The lowest BCUT2D eigenvalue weighted by Crippen LogP contribution is -2.51. The Morgan fingerprint density at radius 1 is 1.43 bits per heavy atom. The van der Waals surface area contributed by atoms with Gasteiger partial charge in [0.25, 0.3) is 0 Å². The molecule has 132 valence electrons. The fraction of sp³-hybridized carbons (Fsp3) is 0.812. The normalized spacial score (nSPS) is 28.6. The van der Waals surface area contributed by atoms with Gasteiger partial charge >= 0.3 is 6.09 Å². The third-order valence-corrected chi connectivity index (χ3v) is 6.61. The SMILES string of the molecule is C=CO[C@H]1C[C@@H](NS(=O)C(C)(C)C)C2(CCN(C(=O)O)CC2)C1. The molecule has 3 atom stereocenters. The second kappa shape index (κ2) is 6.81. The van der Waals surface area contributed by atoms with E-state index in [2.05, 4.69) is 11.3 Å². The topological polar surface area (TPSA) is 78.9 Å². The number of nitrogens with one attached hydrogen (secondary N) is 1. The average Bonchev–Trinajstić information content (AvgIpc) is 2.76. The van der Waals surface area contributed by atoms with Crippen LogP contribution in [0.4, 0.5) is 4.79 Å². The average molecular weight is 344 g/mol. The monoisotopic (exact) mass is 344 g/mol. The fourth-order valence-electron chi connectivity index (χ4n) is 3.61. The maximum Gasteiger partial charge on any atom is 0.407 e. The first-order valence-electron chi connectivity index (χ1n) is 8.10. The number of carbonyl (C=O) groups is 1. The molecule has 1 saturated carbocycles. The Kier molecular flexibility index (Phi) is 5.41. The minimum atomic E-state index is -1.15. The summed E-state index contributed by atoms with van der Waals surface area (Å²) in [6.07, 6.45) is 3.84. The van der Waals surface area contributed by atoms with Gasteiger partial charge in [0.05, 0.1) is 28.1 Å². The second-order valence-electron chi connectivity index (χ2n) is 7.55. The van der Waals surface area contributed by atoms with Gasteiger partial charge in [-0.05, 0) is 45.4 Å². The van der Waals surface area contributed by atoms with Gasteiger partial charge in [0.1, 0.15) is 0 Å². The van der Waals surface area contributed by atoms with E-state index in [-0.39, 0.29) is 22.3 Å². The number of likely N-dealkylation sites (tertiary alicyclic amines) is 1. The summed E-state index contributed by atoms with van der Waals surface area (Å²) < 4.78 is 21.1. The van der Waals surface area contributed by atoms with Crippen LogP contribution in [-0.4, -0.2) is 50.3 Å². The molecule has 1 heterocycles. The van der Waals surface area contributed by atoms with E-state index in [0.717, 1.165) is 25.7 Å². The van der Waals surface area contributed by atoms with Gasteiger partial charge < -0.3 is 14.7 Å². The van der Waals surface area contributed by atoms with E-state index in [1.807, 2.05) is 20.8 Å². The molecular formula is C16H28N2O4S. The molecule has 0 aromatic heterocycles. The Labute approximate surface area is 140 Å². The van der Waals surface area contributed by atoms with Gasteiger partial charge in [-0.25, -0.2) is 13.7 Å². The van der Waals surface area contributed by atoms with E-state index in [1.165, 1.54) is 11.2 Å². The van der Waals surface area contributed by atoms with Crippen LogP contribution in [-0.2, 0) is 15.7 Å². The Hall–Kier alpha value is -1.08. The van der Waals surface area contributed by atoms with E-state index in [1.54, 1.807) is 0 Å². The molecule has 0 aromatic rings. The summed E-state index contributed by atoms with van der Waals surface area (Å²) in [7, 11) is -1.15. The molecular weight excluding hydrogens is 316 g/mol. The summed E-state index contributed by atoms with van der Waals surface area (Å²) in [5, 5.41) is 9.15. The lowest BCUT2D eigenvalue weighted by Gasteiger charge is -2.42. The van der Waals surface area contributed by atoms with Crippen molar-refractivity contribution in [1.29, 1.82) is 0 Å². The molecule has 6 nitrogen and oxygen atoms in total. The van der Waals surface area contributed by atoms with Crippen LogP contribution >= 0.6 is 0 Å². The molecule has 1 saturated heterocycles. The summed E-state index contributed by atoms with van der Waals surface area (Å²) >= 11 is 0. The first kappa shape index (κ1) is 18.3. The van der Waals surface area contributed by atoms with Crippen molar-refractivity contribution < 1.29 is 18.8 Å². The predicted molar refractivity (Wildman–Crippen MR) is 90.4 cm³/mol. The number of rotatable bonds is 4. The molecule has 1 spiro atoms. The standard InChI is InChI=1S/C16H28N2O4S/c1-5-22-12-10-13(17-23(21)15(2,3)4)16(11-12)6-8-18(9-7-16)14(19)20/h5,12-13,17H,1,6-11H2,2-4H3,(H,19,20)/t12-,13+,23?/m0/s1. The highest BCUT2D eigenvalue weighted by molar-refractivity contribution is 7.84. The third kappa shape index (κ3) is 4.07. The minimum absolute atomic E-state index is 0.0540. The molecule has 0 radical (unpaired) electrons. The Morgan fingerprint density at radius 2 is 2.04 bits per heavy atom.